The molecular formula is C21H19N5O. The largest absolute Gasteiger partial charge is 0.340 e. The molecule has 0 aliphatic carbocycles. The minimum atomic E-state index is -0.147. The molecule has 6 heteroatoms. The maximum absolute atomic E-state index is 12.8. The van der Waals surface area contributed by atoms with Gasteiger partial charge in [0.05, 0.1) is 11.6 Å². The van der Waals surface area contributed by atoms with Crippen molar-refractivity contribution in [3.63, 3.8) is 0 Å². The first-order valence-corrected chi connectivity index (χ1v) is 8.62. The van der Waals surface area contributed by atoms with Gasteiger partial charge in [-0.3, -0.25) is 4.79 Å². The summed E-state index contributed by atoms with van der Waals surface area (Å²) in [5.41, 5.74) is 2.76. The Balaban J connectivity index is 1.74. The van der Waals surface area contributed by atoms with Gasteiger partial charge in [0.1, 0.15) is 17.8 Å². The van der Waals surface area contributed by atoms with Crippen molar-refractivity contribution in [2.45, 2.75) is 13.5 Å². The number of carbonyl (C=O) groups excluding carboxylic acids is 1. The molecule has 3 rings (SSSR count). The van der Waals surface area contributed by atoms with Crippen LogP contribution in [0.4, 0.5) is 11.5 Å². The average molecular weight is 357 g/mol. The first kappa shape index (κ1) is 18.1. The van der Waals surface area contributed by atoms with Gasteiger partial charge in [-0.25, -0.2) is 9.97 Å². The summed E-state index contributed by atoms with van der Waals surface area (Å²) in [6.45, 7) is 3.05. The molecule has 0 saturated heterocycles. The Hall–Kier alpha value is -3.72. The van der Waals surface area contributed by atoms with Crippen molar-refractivity contribution >= 4 is 17.4 Å². The van der Waals surface area contributed by atoms with Gasteiger partial charge in [-0.1, -0.05) is 30.3 Å². The lowest BCUT2D eigenvalue weighted by molar-refractivity contribution is 0.0746. The van der Waals surface area contributed by atoms with Crippen LogP contribution in [-0.4, -0.2) is 27.3 Å². The van der Waals surface area contributed by atoms with E-state index in [2.05, 4.69) is 21.4 Å². The van der Waals surface area contributed by atoms with Crippen LogP contribution in [0.5, 0.6) is 0 Å². The van der Waals surface area contributed by atoms with Gasteiger partial charge in [0.15, 0.2) is 0 Å². The molecule has 0 unspecified atom stereocenters. The maximum atomic E-state index is 12.8. The minimum absolute atomic E-state index is 0.147. The monoisotopic (exact) mass is 357 g/mol. The third-order valence-corrected chi connectivity index (χ3v) is 4.06. The molecule has 0 fully saturated rings. The highest BCUT2D eigenvalue weighted by Crippen LogP contribution is 2.16. The topological polar surface area (TPSA) is 81.9 Å². The third-order valence-electron chi connectivity index (χ3n) is 4.06. The van der Waals surface area contributed by atoms with E-state index in [0.717, 1.165) is 11.3 Å². The number of amides is 1. The smallest absolute Gasteiger partial charge is 0.272 e. The molecule has 0 saturated carbocycles. The molecule has 27 heavy (non-hydrogen) atoms. The van der Waals surface area contributed by atoms with E-state index in [1.54, 1.807) is 35.2 Å². The molecule has 0 radical (unpaired) electrons. The maximum Gasteiger partial charge on any atom is 0.272 e. The standard InChI is InChI=1S/C21H19N5O/c1-2-26(14-17-6-4-3-5-7-17)21(27)19-12-20(24-15-23-19)25-18-10-8-16(13-22)9-11-18/h3-12,15H,2,14H2,1H3,(H,23,24,25). The van der Waals surface area contributed by atoms with Crippen LogP contribution in [-0.2, 0) is 6.54 Å². The quantitative estimate of drug-likeness (QED) is 0.726. The van der Waals surface area contributed by atoms with E-state index in [9.17, 15) is 4.79 Å². The molecule has 0 aliphatic rings. The fourth-order valence-corrected chi connectivity index (χ4v) is 2.61. The SMILES string of the molecule is CCN(Cc1ccccc1)C(=O)c1cc(Nc2ccc(C#N)cc2)ncn1. The third kappa shape index (κ3) is 4.67. The van der Waals surface area contributed by atoms with Crippen molar-refractivity contribution in [3.8, 4) is 6.07 Å². The second kappa shape index (κ2) is 8.59. The molecule has 0 spiro atoms. The van der Waals surface area contributed by atoms with E-state index in [-0.39, 0.29) is 5.91 Å². The van der Waals surface area contributed by atoms with Crippen LogP contribution in [0, 0.1) is 11.3 Å². The lowest BCUT2D eigenvalue weighted by atomic mass is 10.2. The predicted octanol–water partition coefficient (Wildman–Crippen LogP) is 3.75. The van der Waals surface area contributed by atoms with Crippen molar-refractivity contribution in [1.29, 1.82) is 5.26 Å². The molecule has 0 atom stereocenters. The number of nitrogens with zero attached hydrogens (tertiary/aromatic N) is 4. The van der Waals surface area contributed by atoms with Crippen LogP contribution in [0.1, 0.15) is 28.5 Å². The summed E-state index contributed by atoms with van der Waals surface area (Å²) in [7, 11) is 0. The lowest BCUT2D eigenvalue weighted by Gasteiger charge is -2.20. The summed E-state index contributed by atoms with van der Waals surface area (Å²) in [6.07, 6.45) is 1.37. The van der Waals surface area contributed by atoms with Crippen molar-refractivity contribution in [2.75, 3.05) is 11.9 Å². The van der Waals surface area contributed by atoms with E-state index in [1.165, 1.54) is 6.33 Å². The summed E-state index contributed by atoms with van der Waals surface area (Å²) >= 11 is 0. The second-order valence-corrected chi connectivity index (χ2v) is 5.91. The summed E-state index contributed by atoms with van der Waals surface area (Å²) in [6, 6.07) is 20.6. The van der Waals surface area contributed by atoms with E-state index < -0.39 is 0 Å². The number of nitrogens with one attached hydrogen (secondary N) is 1. The van der Waals surface area contributed by atoms with Gasteiger partial charge in [0, 0.05) is 24.8 Å². The van der Waals surface area contributed by atoms with Gasteiger partial charge in [-0.15, -0.1) is 0 Å². The number of rotatable bonds is 6. The number of carbonyl (C=O) groups is 1. The lowest BCUT2D eigenvalue weighted by Crippen LogP contribution is -2.31. The number of hydrogen-bond acceptors (Lipinski definition) is 5. The van der Waals surface area contributed by atoms with Crippen LogP contribution in [0.15, 0.2) is 67.0 Å². The normalized spacial score (nSPS) is 10.1. The fraction of sp³-hybridized carbons (Fsp3) is 0.143. The van der Waals surface area contributed by atoms with Crippen molar-refractivity contribution in [2.24, 2.45) is 0 Å². The number of anilines is 2. The molecule has 0 aliphatic heterocycles. The van der Waals surface area contributed by atoms with Gasteiger partial charge < -0.3 is 10.2 Å². The average Bonchev–Trinajstić information content (AvgIpc) is 2.73. The van der Waals surface area contributed by atoms with Gasteiger partial charge in [-0.05, 0) is 36.8 Å². The van der Waals surface area contributed by atoms with Gasteiger partial charge >= 0.3 is 0 Å². The van der Waals surface area contributed by atoms with Gasteiger partial charge in [0.2, 0.25) is 0 Å². The van der Waals surface area contributed by atoms with E-state index >= 15 is 0 Å². The van der Waals surface area contributed by atoms with Gasteiger partial charge in [0.25, 0.3) is 5.91 Å². The van der Waals surface area contributed by atoms with Crippen LogP contribution >= 0.6 is 0 Å². The predicted molar refractivity (Wildman–Crippen MR) is 103 cm³/mol. The van der Waals surface area contributed by atoms with E-state index in [1.807, 2.05) is 37.3 Å². The van der Waals surface area contributed by atoms with Crippen LogP contribution in [0.2, 0.25) is 0 Å². The highest BCUT2D eigenvalue weighted by Gasteiger charge is 2.16. The molecule has 1 amide bonds. The van der Waals surface area contributed by atoms with E-state index in [4.69, 9.17) is 5.26 Å². The summed E-state index contributed by atoms with van der Waals surface area (Å²) in [5, 5.41) is 12.0. The molecule has 6 nitrogen and oxygen atoms in total. The Bertz CT molecular complexity index is 948. The minimum Gasteiger partial charge on any atom is -0.340 e. The highest BCUT2D eigenvalue weighted by atomic mass is 16.2. The highest BCUT2D eigenvalue weighted by molar-refractivity contribution is 5.93. The zero-order valence-corrected chi connectivity index (χ0v) is 15.0. The van der Waals surface area contributed by atoms with Crippen LogP contribution in [0.25, 0.3) is 0 Å². The summed E-state index contributed by atoms with van der Waals surface area (Å²) in [4.78, 5) is 22.9. The first-order valence-electron chi connectivity index (χ1n) is 8.62. The molecular weight excluding hydrogens is 338 g/mol. The summed E-state index contributed by atoms with van der Waals surface area (Å²) < 4.78 is 0. The second-order valence-electron chi connectivity index (χ2n) is 5.91. The zero-order valence-electron chi connectivity index (χ0n) is 15.0. The Morgan fingerprint density at radius 3 is 2.52 bits per heavy atom. The van der Waals surface area contributed by atoms with Crippen LogP contribution < -0.4 is 5.32 Å². The zero-order chi connectivity index (χ0) is 19.1. The molecule has 1 heterocycles. The number of hydrogen-bond donors (Lipinski definition) is 1. The molecule has 3 aromatic rings. The number of benzene rings is 2. The fourth-order valence-electron chi connectivity index (χ4n) is 2.61. The molecule has 134 valence electrons. The Morgan fingerprint density at radius 2 is 1.85 bits per heavy atom. The van der Waals surface area contributed by atoms with Crippen molar-refractivity contribution < 1.29 is 4.79 Å². The Morgan fingerprint density at radius 1 is 1.11 bits per heavy atom. The summed E-state index contributed by atoms with van der Waals surface area (Å²) in [5.74, 6) is 0.375. The molecule has 1 aromatic heterocycles. The van der Waals surface area contributed by atoms with Crippen molar-refractivity contribution in [1.82, 2.24) is 14.9 Å². The van der Waals surface area contributed by atoms with Crippen LogP contribution in [0.3, 0.4) is 0 Å². The van der Waals surface area contributed by atoms with E-state index in [0.29, 0.717) is 30.2 Å². The van der Waals surface area contributed by atoms with Gasteiger partial charge in [-0.2, -0.15) is 5.26 Å². The first-order chi connectivity index (χ1) is 13.2. The van der Waals surface area contributed by atoms with Crippen molar-refractivity contribution in [3.05, 3.63) is 83.8 Å². The Kier molecular flexibility index (Phi) is 5.75. The molecule has 1 N–H and O–H groups in total. The Labute approximate surface area is 158 Å². The number of aromatic nitrogens is 2. The number of nitriles is 1. The molecule has 0 bridgehead atoms. The molecule has 2 aromatic carbocycles.